The molecule has 0 spiro atoms. The van der Waals surface area contributed by atoms with E-state index in [1.54, 1.807) is 0 Å². The van der Waals surface area contributed by atoms with Crippen molar-refractivity contribution in [1.82, 2.24) is 9.80 Å². The maximum atomic E-state index is 2.65. The average Bonchev–Trinajstić information content (AvgIpc) is 2.29. The van der Waals surface area contributed by atoms with Gasteiger partial charge in [0.25, 0.3) is 0 Å². The lowest BCUT2D eigenvalue weighted by molar-refractivity contribution is 0.168. The van der Waals surface area contributed by atoms with E-state index in [0.29, 0.717) is 6.04 Å². The van der Waals surface area contributed by atoms with Gasteiger partial charge in [-0.3, -0.25) is 0 Å². The van der Waals surface area contributed by atoms with Gasteiger partial charge in [0.15, 0.2) is 0 Å². The highest BCUT2D eigenvalue weighted by Gasteiger charge is 2.17. The Morgan fingerprint density at radius 3 is 2.38 bits per heavy atom. The molecule has 0 aromatic carbocycles. The Morgan fingerprint density at radius 1 is 1.25 bits per heavy atom. The maximum absolute atomic E-state index is 2.65. The van der Waals surface area contributed by atoms with Gasteiger partial charge in [-0.1, -0.05) is 13.3 Å². The molecule has 0 aromatic heterocycles. The summed E-state index contributed by atoms with van der Waals surface area (Å²) < 4.78 is 0. The lowest BCUT2D eigenvalue weighted by Gasteiger charge is -2.32. The summed E-state index contributed by atoms with van der Waals surface area (Å²) in [6.07, 6.45) is 5.56. The second-order valence-electron chi connectivity index (χ2n) is 5.62. The fourth-order valence-electron chi connectivity index (χ4n) is 2.42. The molecule has 1 aliphatic rings. The summed E-state index contributed by atoms with van der Waals surface area (Å²) in [7, 11) is 2.23. The first kappa shape index (κ1) is 14.0. The molecule has 2 heteroatoms. The van der Waals surface area contributed by atoms with Crippen molar-refractivity contribution in [1.29, 1.82) is 0 Å². The first-order valence-corrected chi connectivity index (χ1v) is 7.06. The van der Waals surface area contributed by atoms with Gasteiger partial charge in [0.2, 0.25) is 0 Å². The summed E-state index contributed by atoms with van der Waals surface area (Å²) in [4.78, 5) is 5.10. The molecule has 2 nitrogen and oxygen atoms in total. The molecule has 0 bridgehead atoms. The molecule has 1 saturated heterocycles. The van der Waals surface area contributed by atoms with E-state index >= 15 is 0 Å². The van der Waals surface area contributed by atoms with E-state index in [-0.39, 0.29) is 0 Å². The average molecular weight is 226 g/mol. The van der Waals surface area contributed by atoms with E-state index in [4.69, 9.17) is 0 Å². The molecule has 0 unspecified atom stereocenters. The van der Waals surface area contributed by atoms with Crippen LogP contribution in [-0.4, -0.2) is 49.1 Å². The Morgan fingerprint density at radius 2 is 1.88 bits per heavy atom. The number of hydrogen-bond donors (Lipinski definition) is 0. The predicted molar refractivity (Wildman–Crippen MR) is 71.8 cm³/mol. The molecule has 1 aliphatic heterocycles. The number of hydrogen-bond acceptors (Lipinski definition) is 2. The van der Waals surface area contributed by atoms with Crippen LogP contribution in [0.1, 0.15) is 46.5 Å². The normalized spacial score (nSPS) is 19.9. The molecular weight excluding hydrogens is 196 g/mol. The summed E-state index contributed by atoms with van der Waals surface area (Å²) in [6, 6.07) is 0.686. The molecule has 96 valence electrons. The smallest absolute Gasteiger partial charge is 0.00355 e. The van der Waals surface area contributed by atoms with Crippen molar-refractivity contribution in [2.24, 2.45) is 5.92 Å². The minimum atomic E-state index is 0.686. The molecule has 0 saturated carbocycles. The van der Waals surface area contributed by atoms with Gasteiger partial charge in [-0.15, -0.1) is 0 Å². The summed E-state index contributed by atoms with van der Waals surface area (Å²) >= 11 is 0. The zero-order valence-corrected chi connectivity index (χ0v) is 11.7. The molecule has 0 radical (unpaired) electrons. The van der Waals surface area contributed by atoms with Gasteiger partial charge in [0.05, 0.1) is 0 Å². The van der Waals surface area contributed by atoms with E-state index in [9.17, 15) is 0 Å². The summed E-state index contributed by atoms with van der Waals surface area (Å²) in [6.45, 7) is 12.1. The zero-order chi connectivity index (χ0) is 12.0. The molecule has 0 aromatic rings. The quantitative estimate of drug-likeness (QED) is 0.687. The van der Waals surface area contributed by atoms with Crippen molar-refractivity contribution in [3.8, 4) is 0 Å². The van der Waals surface area contributed by atoms with Crippen LogP contribution in [0.5, 0.6) is 0 Å². The van der Waals surface area contributed by atoms with Gasteiger partial charge in [-0.2, -0.15) is 0 Å². The zero-order valence-electron chi connectivity index (χ0n) is 11.7. The molecular formula is C14H30N2. The van der Waals surface area contributed by atoms with Crippen molar-refractivity contribution in [3.05, 3.63) is 0 Å². The van der Waals surface area contributed by atoms with Crippen LogP contribution in [0.15, 0.2) is 0 Å². The monoisotopic (exact) mass is 226 g/mol. The van der Waals surface area contributed by atoms with E-state index in [0.717, 1.165) is 5.92 Å². The predicted octanol–water partition coefficient (Wildman–Crippen LogP) is 2.84. The van der Waals surface area contributed by atoms with Crippen LogP contribution in [0, 0.1) is 5.92 Å². The van der Waals surface area contributed by atoms with E-state index < -0.39 is 0 Å². The Kier molecular flexibility index (Phi) is 6.37. The Hall–Kier alpha value is -0.0800. The van der Waals surface area contributed by atoms with Crippen LogP contribution in [-0.2, 0) is 0 Å². The van der Waals surface area contributed by atoms with E-state index in [2.05, 4.69) is 37.6 Å². The van der Waals surface area contributed by atoms with Crippen LogP contribution in [0.4, 0.5) is 0 Å². The van der Waals surface area contributed by atoms with Crippen molar-refractivity contribution in [3.63, 3.8) is 0 Å². The van der Waals surface area contributed by atoms with Gasteiger partial charge in [-0.25, -0.2) is 0 Å². The molecule has 0 atom stereocenters. The topological polar surface area (TPSA) is 6.48 Å². The van der Waals surface area contributed by atoms with Gasteiger partial charge in [0, 0.05) is 6.04 Å². The van der Waals surface area contributed by atoms with Gasteiger partial charge in [-0.05, 0) is 72.3 Å². The van der Waals surface area contributed by atoms with E-state index in [1.165, 1.54) is 51.9 Å². The number of likely N-dealkylation sites (tertiary alicyclic amines) is 1. The second-order valence-corrected chi connectivity index (χ2v) is 5.62. The van der Waals surface area contributed by atoms with Crippen LogP contribution < -0.4 is 0 Å². The van der Waals surface area contributed by atoms with Gasteiger partial charge < -0.3 is 9.80 Å². The Labute approximate surface area is 102 Å². The third-order valence-corrected chi connectivity index (χ3v) is 4.15. The molecule has 1 rings (SSSR count). The van der Waals surface area contributed by atoms with Crippen LogP contribution in [0.25, 0.3) is 0 Å². The third kappa shape index (κ3) is 4.84. The fourth-order valence-corrected chi connectivity index (χ4v) is 2.42. The third-order valence-electron chi connectivity index (χ3n) is 4.15. The van der Waals surface area contributed by atoms with E-state index in [1.807, 2.05) is 0 Å². The number of piperidine rings is 1. The minimum Gasteiger partial charge on any atom is -0.304 e. The second kappa shape index (κ2) is 7.29. The van der Waals surface area contributed by atoms with Crippen molar-refractivity contribution in [2.45, 2.75) is 52.5 Å². The van der Waals surface area contributed by atoms with Crippen molar-refractivity contribution >= 4 is 0 Å². The summed E-state index contributed by atoms with van der Waals surface area (Å²) in [5.41, 5.74) is 0. The Balaban J connectivity index is 2.06. The van der Waals surface area contributed by atoms with Crippen LogP contribution >= 0.6 is 0 Å². The SMILES string of the molecule is CCC1CCN(CCCN(C)C(C)C)CC1. The summed E-state index contributed by atoms with van der Waals surface area (Å²) in [5.74, 6) is 1.01. The minimum absolute atomic E-state index is 0.686. The largest absolute Gasteiger partial charge is 0.304 e. The lowest BCUT2D eigenvalue weighted by atomic mass is 9.94. The van der Waals surface area contributed by atoms with Crippen LogP contribution in [0.3, 0.4) is 0 Å². The highest BCUT2D eigenvalue weighted by atomic mass is 15.1. The maximum Gasteiger partial charge on any atom is 0.00355 e. The van der Waals surface area contributed by atoms with Crippen LogP contribution in [0.2, 0.25) is 0 Å². The van der Waals surface area contributed by atoms with Crippen molar-refractivity contribution in [2.75, 3.05) is 33.2 Å². The summed E-state index contributed by atoms with van der Waals surface area (Å²) in [5, 5.41) is 0. The standard InChI is InChI=1S/C14H30N2/c1-5-14-7-11-16(12-8-14)10-6-9-15(4)13(2)3/h13-14H,5-12H2,1-4H3. The van der Waals surface area contributed by atoms with Crippen molar-refractivity contribution < 1.29 is 0 Å². The number of rotatable bonds is 6. The first-order chi connectivity index (χ1) is 7.63. The molecule has 1 heterocycles. The molecule has 16 heavy (non-hydrogen) atoms. The molecule has 0 amide bonds. The highest BCUT2D eigenvalue weighted by Crippen LogP contribution is 2.19. The molecule has 1 fully saturated rings. The van der Waals surface area contributed by atoms with Gasteiger partial charge in [0.1, 0.15) is 0 Å². The first-order valence-electron chi connectivity index (χ1n) is 7.06. The van der Waals surface area contributed by atoms with Gasteiger partial charge >= 0.3 is 0 Å². The number of nitrogens with zero attached hydrogens (tertiary/aromatic N) is 2. The molecule has 0 N–H and O–H groups in total. The highest BCUT2D eigenvalue weighted by molar-refractivity contribution is 4.71. The lowest BCUT2D eigenvalue weighted by Crippen LogP contribution is -2.36. The fraction of sp³-hybridized carbons (Fsp3) is 1.00. The molecule has 0 aliphatic carbocycles. The Bertz CT molecular complexity index is 172.